The third-order valence-electron chi connectivity index (χ3n) is 2.20. The van der Waals surface area contributed by atoms with Crippen molar-refractivity contribution >= 4 is 11.8 Å². The van der Waals surface area contributed by atoms with E-state index in [9.17, 15) is 0 Å². The monoisotopic (exact) mass is 231 g/mol. The zero-order valence-corrected chi connectivity index (χ0v) is 9.60. The lowest BCUT2D eigenvalue weighted by Gasteiger charge is -2.13. The Bertz CT molecular complexity index is 419. The van der Waals surface area contributed by atoms with Crippen molar-refractivity contribution in [3.05, 3.63) is 54.6 Å². The van der Waals surface area contributed by atoms with Gasteiger partial charge < -0.3 is 5.73 Å². The van der Waals surface area contributed by atoms with Crippen LogP contribution < -0.4 is 5.73 Å². The maximum Gasteiger partial charge on any atom is 0.0482 e. The van der Waals surface area contributed by atoms with E-state index in [0.717, 1.165) is 5.56 Å². The lowest BCUT2D eigenvalue weighted by Crippen LogP contribution is -2.09. The van der Waals surface area contributed by atoms with E-state index >= 15 is 0 Å². The summed E-state index contributed by atoms with van der Waals surface area (Å²) >= 11 is 1.74. The fraction of sp³-hybridized carbons (Fsp3) is 0.167. The number of nitrogens with zero attached hydrogens (tertiary/aromatic N) is 2. The number of hydrogen-bond acceptors (Lipinski definition) is 4. The van der Waals surface area contributed by atoms with Gasteiger partial charge in [-0.2, -0.15) is 0 Å². The summed E-state index contributed by atoms with van der Waals surface area (Å²) in [5.41, 5.74) is 6.95. The van der Waals surface area contributed by atoms with Gasteiger partial charge in [-0.05, 0) is 23.8 Å². The molecule has 0 aliphatic heterocycles. The Hall–Kier alpha value is -1.39. The molecule has 0 fully saturated rings. The highest BCUT2D eigenvalue weighted by Gasteiger charge is 2.10. The van der Waals surface area contributed by atoms with Crippen LogP contribution in [0.3, 0.4) is 0 Å². The summed E-state index contributed by atoms with van der Waals surface area (Å²) in [6, 6.07) is 7.97. The second-order valence-electron chi connectivity index (χ2n) is 3.31. The predicted octanol–water partition coefficient (Wildman–Crippen LogP) is 2.27. The number of rotatable bonds is 4. The Morgan fingerprint density at radius 1 is 1.12 bits per heavy atom. The van der Waals surface area contributed by atoms with Crippen LogP contribution in [-0.2, 0) is 0 Å². The minimum atomic E-state index is 0.246. The Morgan fingerprint density at radius 3 is 2.56 bits per heavy atom. The van der Waals surface area contributed by atoms with Gasteiger partial charge in [0.15, 0.2) is 0 Å². The third kappa shape index (κ3) is 2.81. The minimum absolute atomic E-state index is 0.246. The second-order valence-corrected chi connectivity index (χ2v) is 4.59. The standard InChI is InChI=1S/C12H13N3S/c13-8-12(10-2-1-5-15-9-10)16-11-3-6-14-7-4-11/h1-7,9,12H,8,13H2. The van der Waals surface area contributed by atoms with Gasteiger partial charge in [0.05, 0.1) is 0 Å². The molecule has 1 atom stereocenters. The molecule has 0 radical (unpaired) electrons. The first-order chi connectivity index (χ1) is 7.90. The lowest BCUT2D eigenvalue weighted by molar-refractivity contribution is 0.931. The molecule has 2 heterocycles. The van der Waals surface area contributed by atoms with Gasteiger partial charge in [0.25, 0.3) is 0 Å². The van der Waals surface area contributed by atoms with E-state index in [2.05, 4.69) is 16.0 Å². The molecule has 0 spiro atoms. The fourth-order valence-corrected chi connectivity index (χ4v) is 2.38. The fourth-order valence-electron chi connectivity index (χ4n) is 1.40. The molecule has 0 saturated carbocycles. The predicted molar refractivity (Wildman–Crippen MR) is 66.1 cm³/mol. The van der Waals surface area contributed by atoms with E-state index in [1.807, 2.05) is 24.4 Å². The Balaban J connectivity index is 2.13. The van der Waals surface area contributed by atoms with E-state index in [0.29, 0.717) is 6.54 Å². The van der Waals surface area contributed by atoms with Gasteiger partial charge in [-0.25, -0.2) is 0 Å². The van der Waals surface area contributed by atoms with Crippen LogP contribution in [0.25, 0.3) is 0 Å². The molecule has 2 rings (SSSR count). The van der Waals surface area contributed by atoms with Crippen LogP contribution in [-0.4, -0.2) is 16.5 Å². The molecule has 2 aromatic heterocycles. The van der Waals surface area contributed by atoms with Crippen LogP contribution >= 0.6 is 11.8 Å². The van der Waals surface area contributed by atoms with E-state index < -0.39 is 0 Å². The zero-order chi connectivity index (χ0) is 11.2. The van der Waals surface area contributed by atoms with Gasteiger partial charge in [0.2, 0.25) is 0 Å². The molecule has 0 saturated heterocycles. The summed E-state index contributed by atoms with van der Waals surface area (Å²) in [5.74, 6) is 0. The SMILES string of the molecule is NCC(Sc1ccncc1)c1cccnc1. The van der Waals surface area contributed by atoms with Crippen molar-refractivity contribution in [2.45, 2.75) is 10.1 Å². The van der Waals surface area contributed by atoms with Crippen LogP contribution in [0.2, 0.25) is 0 Å². The van der Waals surface area contributed by atoms with Crippen molar-refractivity contribution in [3.8, 4) is 0 Å². The first-order valence-corrected chi connectivity index (χ1v) is 5.95. The van der Waals surface area contributed by atoms with Crippen molar-refractivity contribution in [3.63, 3.8) is 0 Å². The highest BCUT2D eigenvalue weighted by molar-refractivity contribution is 7.99. The van der Waals surface area contributed by atoms with Crippen LogP contribution in [0, 0.1) is 0 Å². The molecular formula is C12H13N3S. The van der Waals surface area contributed by atoms with Crippen LogP contribution in [0.15, 0.2) is 53.9 Å². The van der Waals surface area contributed by atoms with Gasteiger partial charge >= 0.3 is 0 Å². The average molecular weight is 231 g/mol. The molecule has 0 bridgehead atoms. The second kappa shape index (κ2) is 5.63. The largest absolute Gasteiger partial charge is 0.329 e. The van der Waals surface area contributed by atoms with Gasteiger partial charge in [-0.1, -0.05) is 6.07 Å². The topological polar surface area (TPSA) is 51.8 Å². The summed E-state index contributed by atoms with van der Waals surface area (Å²) in [5, 5.41) is 0.246. The van der Waals surface area contributed by atoms with Crippen LogP contribution in [0.4, 0.5) is 0 Å². The van der Waals surface area contributed by atoms with E-state index in [4.69, 9.17) is 5.73 Å². The molecular weight excluding hydrogens is 218 g/mol. The van der Waals surface area contributed by atoms with E-state index in [1.54, 1.807) is 30.4 Å². The van der Waals surface area contributed by atoms with Crippen molar-refractivity contribution in [2.24, 2.45) is 5.73 Å². The average Bonchev–Trinajstić information content (AvgIpc) is 2.38. The molecule has 3 nitrogen and oxygen atoms in total. The summed E-state index contributed by atoms with van der Waals surface area (Å²) in [7, 11) is 0. The molecule has 0 aromatic carbocycles. The summed E-state index contributed by atoms with van der Waals surface area (Å²) in [4.78, 5) is 9.28. The van der Waals surface area contributed by atoms with Gasteiger partial charge in [-0.3, -0.25) is 9.97 Å². The smallest absolute Gasteiger partial charge is 0.0482 e. The van der Waals surface area contributed by atoms with Gasteiger partial charge in [0, 0.05) is 41.5 Å². The van der Waals surface area contributed by atoms with Crippen LogP contribution in [0.5, 0.6) is 0 Å². The number of pyridine rings is 2. The third-order valence-corrected chi connectivity index (χ3v) is 3.49. The molecule has 2 N–H and O–H groups in total. The number of thioether (sulfide) groups is 1. The van der Waals surface area contributed by atoms with Crippen molar-refractivity contribution in [1.82, 2.24) is 9.97 Å². The van der Waals surface area contributed by atoms with Gasteiger partial charge in [0.1, 0.15) is 0 Å². The van der Waals surface area contributed by atoms with Crippen molar-refractivity contribution < 1.29 is 0 Å². The van der Waals surface area contributed by atoms with Crippen molar-refractivity contribution in [2.75, 3.05) is 6.54 Å². The summed E-state index contributed by atoms with van der Waals surface area (Å²) in [6.45, 7) is 0.596. The Labute approximate surface area is 99.1 Å². The molecule has 4 heteroatoms. The number of hydrogen-bond donors (Lipinski definition) is 1. The molecule has 1 unspecified atom stereocenters. The Kier molecular flexibility index (Phi) is 3.91. The lowest BCUT2D eigenvalue weighted by atomic mass is 10.2. The number of nitrogens with two attached hydrogens (primary N) is 1. The van der Waals surface area contributed by atoms with E-state index in [-0.39, 0.29) is 5.25 Å². The molecule has 82 valence electrons. The molecule has 0 aliphatic carbocycles. The quantitative estimate of drug-likeness (QED) is 0.820. The maximum atomic E-state index is 5.79. The molecule has 0 amide bonds. The Morgan fingerprint density at radius 2 is 1.94 bits per heavy atom. The normalized spacial score (nSPS) is 12.3. The zero-order valence-electron chi connectivity index (χ0n) is 8.78. The molecule has 16 heavy (non-hydrogen) atoms. The first kappa shape index (κ1) is 11.1. The summed E-state index contributed by atoms with van der Waals surface area (Å²) < 4.78 is 0. The van der Waals surface area contributed by atoms with Crippen LogP contribution in [0.1, 0.15) is 10.8 Å². The highest BCUT2D eigenvalue weighted by atomic mass is 32.2. The van der Waals surface area contributed by atoms with Gasteiger partial charge in [-0.15, -0.1) is 11.8 Å². The first-order valence-electron chi connectivity index (χ1n) is 5.07. The summed E-state index contributed by atoms with van der Waals surface area (Å²) in [6.07, 6.45) is 7.22. The minimum Gasteiger partial charge on any atom is -0.329 e. The maximum absolute atomic E-state index is 5.79. The van der Waals surface area contributed by atoms with Crippen molar-refractivity contribution in [1.29, 1.82) is 0 Å². The number of aromatic nitrogens is 2. The molecule has 0 aliphatic rings. The molecule has 2 aromatic rings. The van der Waals surface area contributed by atoms with E-state index in [1.165, 1.54) is 4.90 Å². The highest BCUT2D eigenvalue weighted by Crippen LogP contribution is 2.33.